The van der Waals surface area contributed by atoms with Gasteiger partial charge in [0.05, 0.1) is 33.3 Å². The number of anilines is 1. The molecule has 2 amide bonds. The van der Waals surface area contributed by atoms with Crippen molar-refractivity contribution in [1.29, 1.82) is 0 Å². The Morgan fingerprint density at radius 2 is 1.02 bits per heavy atom. The first-order valence-corrected chi connectivity index (χ1v) is 16.3. The number of aryl methyl sites for hydroxylation is 3. The molecule has 2 aliphatic carbocycles. The summed E-state index contributed by atoms with van der Waals surface area (Å²) in [6.45, 7) is 5.61. The normalized spacial score (nSPS) is 24.1. The van der Waals surface area contributed by atoms with E-state index < -0.39 is 39.4 Å². The summed E-state index contributed by atoms with van der Waals surface area (Å²) in [5, 5.41) is 12.0. The van der Waals surface area contributed by atoms with Crippen LogP contribution in [-0.4, -0.2) is 22.5 Å². The zero-order chi connectivity index (χ0) is 34.2. The van der Waals surface area contributed by atoms with Gasteiger partial charge in [-0.15, -0.1) is 0 Å². The van der Waals surface area contributed by atoms with Gasteiger partial charge < -0.3 is 0 Å². The number of hydrogen-bond acceptors (Lipinski definition) is 5. The van der Waals surface area contributed by atoms with E-state index in [1.165, 1.54) is 6.07 Å². The Labute approximate surface area is 283 Å². The topological polar surface area (TPSA) is 97.6 Å². The Kier molecular flexibility index (Phi) is 6.69. The first-order valence-electron chi connectivity index (χ1n) is 16.3. The Morgan fingerprint density at radius 1 is 0.592 bits per heavy atom. The van der Waals surface area contributed by atoms with Gasteiger partial charge in [-0.3, -0.25) is 24.5 Å². The molecule has 1 saturated carbocycles. The van der Waals surface area contributed by atoms with Crippen molar-refractivity contribution in [2.75, 3.05) is 4.90 Å². The van der Waals surface area contributed by atoms with Crippen molar-refractivity contribution >= 4 is 40.1 Å². The third kappa shape index (κ3) is 3.93. The quantitative estimate of drug-likeness (QED) is 0.107. The Balaban J connectivity index is 1.53. The molecule has 1 aliphatic heterocycles. The van der Waals surface area contributed by atoms with Gasteiger partial charge in [-0.05, 0) is 60.2 Å². The number of nitro groups is 1. The monoisotopic (exact) mass is 644 g/mol. The highest BCUT2D eigenvalue weighted by Gasteiger charge is 2.82. The molecule has 0 unspecified atom stereocenters. The summed E-state index contributed by atoms with van der Waals surface area (Å²) in [6, 6.07) is 39.0. The lowest BCUT2D eigenvalue weighted by Gasteiger charge is -2.39. The number of rotatable bonds is 6. The van der Waals surface area contributed by atoms with Gasteiger partial charge in [-0.1, -0.05) is 126 Å². The zero-order valence-corrected chi connectivity index (χ0v) is 27.2. The van der Waals surface area contributed by atoms with Crippen molar-refractivity contribution in [2.45, 2.75) is 31.6 Å². The summed E-state index contributed by atoms with van der Waals surface area (Å²) in [5.41, 5.74) is 3.58. The summed E-state index contributed by atoms with van der Waals surface area (Å²) in [5.74, 6) is -3.52. The highest BCUT2D eigenvalue weighted by atomic mass is 16.6. The maximum absolute atomic E-state index is 16.0. The number of fused-ring (bicyclic) bond motifs is 5. The lowest BCUT2D eigenvalue weighted by Crippen LogP contribution is -2.45. The predicted molar refractivity (Wildman–Crippen MR) is 188 cm³/mol. The van der Waals surface area contributed by atoms with Crippen molar-refractivity contribution in [3.8, 4) is 0 Å². The Bertz CT molecular complexity index is 2120. The van der Waals surface area contributed by atoms with Gasteiger partial charge in [-0.25, -0.2) is 4.90 Å². The zero-order valence-electron chi connectivity index (χ0n) is 27.2. The molecule has 0 spiro atoms. The van der Waals surface area contributed by atoms with E-state index in [1.807, 2.05) is 123 Å². The van der Waals surface area contributed by atoms with E-state index in [1.54, 1.807) is 19.1 Å². The fourth-order valence-electron chi connectivity index (χ4n) is 8.75. The molecule has 49 heavy (non-hydrogen) atoms. The minimum atomic E-state index is -1.55. The van der Waals surface area contributed by atoms with Crippen LogP contribution in [0.4, 0.5) is 11.4 Å². The van der Waals surface area contributed by atoms with E-state index >= 15 is 14.4 Å². The summed E-state index contributed by atoms with van der Waals surface area (Å²) >= 11 is 0. The highest BCUT2D eigenvalue weighted by Crippen LogP contribution is 2.74. The molecule has 5 aromatic carbocycles. The van der Waals surface area contributed by atoms with Crippen LogP contribution >= 0.6 is 0 Å². The summed E-state index contributed by atoms with van der Waals surface area (Å²) in [4.78, 5) is 58.8. The molecule has 0 N–H and O–H groups in total. The van der Waals surface area contributed by atoms with Gasteiger partial charge in [0.2, 0.25) is 11.8 Å². The standard InChI is InChI=1S/C42H32N2O5/c1-25-14-19-28(20-15-25)34-35(29-21-16-26(2)17-22-29)42(31-12-8-5-9-13-31)37-36(41(34,40(42)47)30-10-6-4-7-11-30)38(45)43(39(37)46)32-23-18-27(3)33(24-32)44(48)49/h4-24,36-37H,1-3H3/t36-,37-,41+,42+/m0/s1. The lowest BCUT2D eigenvalue weighted by molar-refractivity contribution is -0.385. The van der Waals surface area contributed by atoms with Gasteiger partial charge in [0.25, 0.3) is 5.69 Å². The summed E-state index contributed by atoms with van der Waals surface area (Å²) < 4.78 is 0. The second-order valence-corrected chi connectivity index (χ2v) is 13.4. The van der Waals surface area contributed by atoms with Crippen LogP contribution in [0.5, 0.6) is 0 Å². The molecule has 240 valence electrons. The fraction of sp³-hybridized carbons (Fsp3) is 0.167. The second-order valence-electron chi connectivity index (χ2n) is 13.4. The van der Waals surface area contributed by atoms with Gasteiger partial charge in [0.1, 0.15) is 0 Å². The average molecular weight is 645 g/mol. The van der Waals surface area contributed by atoms with E-state index in [-0.39, 0.29) is 17.2 Å². The number of nitrogens with zero attached hydrogens (tertiary/aromatic N) is 2. The average Bonchev–Trinajstić information content (AvgIpc) is 3.62. The number of nitro benzene ring substituents is 1. The van der Waals surface area contributed by atoms with E-state index in [2.05, 4.69) is 0 Å². The molecular formula is C42H32N2O5. The molecule has 3 aliphatic rings. The third-order valence-electron chi connectivity index (χ3n) is 10.8. The van der Waals surface area contributed by atoms with E-state index in [0.717, 1.165) is 27.2 Å². The molecule has 5 aromatic rings. The maximum Gasteiger partial charge on any atom is 0.274 e. The second kappa shape index (κ2) is 10.8. The fourth-order valence-corrected chi connectivity index (χ4v) is 8.75. The number of hydrogen-bond donors (Lipinski definition) is 0. The van der Waals surface area contributed by atoms with Crippen LogP contribution in [0.2, 0.25) is 0 Å². The molecular weight excluding hydrogens is 612 g/mol. The van der Waals surface area contributed by atoms with Gasteiger partial charge >= 0.3 is 0 Å². The van der Waals surface area contributed by atoms with Gasteiger partial charge in [-0.2, -0.15) is 0 Å². The number of Topliss-reactive ketones (excluding diaryl/α,β-unsaturated/α-hetero) is 1. The van der Waals surface area contributed by atoms with Crippen molar-refractivity contribution in [3.63, 3.8) is 0 Å². The molecule has 7 heteroatoms. The van der Waals surface area contributed by atoms with Gasteiger partial charge in [0.15, 0.2) is 5.78 Å². The molecule has 8 rings (SSSR count). The number of amides is 2. The van der Waals surface area contributed by atoms with Crippen LogP contribution in [0.25, 0.3) is 11.1 Å². The van der Waals surface area contributed by atoms with Crippen LogP contribution in [0.1, 0.15) is 38.9 Å². The molecule has 2 bridgehead atoms. The van der Waals surface area contributed by atoms with Crippen LogP contribution in [0, 0.1) is 42.7 Å². The predicted octanol–water partition coefficient (Wildman–Crippen LogP) is 7.71. The Morgan fingerprint density at radius 3 is 1.43 bits per heavy atom. The molecule has 1 heterocycles. The van der Waals surface area contributed by atoms with Crippen LogP contribution < -0.4 is 4.90 Å². The number of ketones is 1. The lowest BCUT2D eigenvalue weighted by atomic mass is 9.59. The third-order valence-corrected chi connectivity index (χ3v) is 10.8. The van der Waals surface area contributed by atoms with Crippen molar-refractivity contribution < 1.29 is 19.3 Å². The van der Waals surface area contributed by atoms with E-state index in [4.69, 9.17) is 0 Å². The smallest absolute Gasteiger partial charge is 0.274 e. The van der Waals surface area contributed by atoms with Crippen LogP contribution in [0.15, 0.2) is 127 Å². The van der Waals surface area contributed by atoms with Crippen LogP contribution in [-0.2, 0) is 25.2 Å². The highest BCUT2D eigenvalue weighted by molar-refractivity contribution is 6.39. The van der Waals surface area contributed by atoms with E-state index in [9.17, 15) is 10.1 Å². The summed E-state index contributed by atoms with van der Waals surface area (Å²) in [7, 11) is 0. The summed E-state index contributed by atoms with van der Waals surface area (Å²) in [6.07, 6.45) is 0. The van der Waals surface area contributed by atoms with Crippen molar-refractivity contribution in [1.82, 2.24) is 0 Å². The first kappa shape index (κ1) is 30.4. The number of benzene rings is 5. The molecule has 7 nitrogen and oxygen atoms in total. The van der Waals surface area contributed by atoms with Crippen molar-refractivity contribution in [2.24, 2.45) is 11.8 Å². The largest absolute Gasteiger partial charge is 0.297 e. The number of carbonyl (C=O) groups excluding carboxylic acids is 3. The molecule has 0 aromatic heterocycles. The molecule has 2 fully saturated rings. The number of allylic oxidation sites excluding steroid dienone is 2. The SMILES string of the molecule is Cc1ccc(C2=C(c3ccc(C)cc3)[C@@]3(c4ccccc4)C(=O)[C@@]2(c2ccccc2)[C@@H]2C(=O)N(c4ccc(C)c([N+](=O)[O-])c4)C(=O)[C@H]23)cc1. The van der Waals surface area contributed by atoms with Crippen LogP contribution in [0.3, 0.4) is 0 Å². The molecule has 0 radical (unpaired) electrons. The molecule has 4 atom stereocenters. The van der Waals surface area contributed by atoms with Crippen molar-refractivity contribution in [3.05, 3.63) is 176 Å². The maximum atomic E-state index is 16.0. The minimum Gasteiger partial charge on any atom is -0.297 e. The van der Waals surface area contributed by atoms with E-state index in [0.29, 0.717) is 27.8 Å². The Hall–Kier alpha value is -5.95. The number of carbonyl (C=O) groups is 3. The number of imide groups is 1. The minimum absolute atomic E-state index is 0.119. The molecule has 1 saturated heterocycles. The first-order chi connectivity index (χ1) is 23.6. The van der Waals surface area contributed by atoms with Gasteiger partial charge in [0, 0.05) is 11.6 Å².